The average molecular weight is 380 g/mol. The van der Waals surface area contributed by atoms with Crippen LogP contribution in [-0.4, -0.2) is 32.0 Å². The van der Waals surface area contributed by atoms with Crippen molar-refractivity contribution in [2.45, 2.75) is 13.8 Å². The Bertz CT molecular complexity index is 1290. The molecule has 0 aliphatic heterocycles. The number of phenols is 4. The van der Waals surface area contributed by atoms with Crippen molar-refractivity contribution in [1.82, 2.24) is 0 Å². The Kier molecular flexibility index (Phi) is 2.82. The Labute approximate surface area is 155 Å². The molecule has 2 aromatic heterocycles. The largest absolute Gasteiger partial charge is 0.504 e. The number of carbonyl (C=O) groups excluding carboxylic acids is 2. The van der Waals surface area contributed by atoms with E-state index in [0.29, 0.717) is 0 Å². The molecule has 0 spiro atoms. The molecule has 28 heavy (non-hydrogen) atoms. The van der Waals surface area contributed by atoms with Crippen molar-refractivity contribution >= 4 is 33.5 Å². The minimum absolute atomic E-state index is 0.0731. The number of hydrogen-bond donors (Lipinski definition) is 4. The van der Waals surface area contributed by atoms with Gasteiger partial charge in [-0.3, -0.25) is 9.59 Å². The van der Waals surface area contributed by atoms with E-state index in [1.165, 1.54) is 13.8 Å². The molecule has 0 atom stereocenters. The van der Waals surface area contributed by atoms with Crippen LogP contribution in [0.5, 0.6) is 23.0 Å². The highest BCUT2D eigenvalue weighted by molar-refractivity contribution is 6.34. The fourth-order valence-electron chi connectivity index (χ4n) is 3.73. The van der Waals surface area contributed by atoms with Gasteiger partial charge >= 0.3 is 0 Å². The highest BCUT2D eigenvalue weighted by atomic mass is 16.4. The fraction of sp³-hybridized carbons (Fsp3) is 0.100. The number of aromatic hydroxyl groups is 4. The van der Waals surface area contributed by atoms with Crippen molar-refractivity contribution in [3.05, 3.63) is 45.9 Å². The molecule has 2 heterocycles. The van der Waals surface area contributed by atoms with Crippen LogP contribution in [0.4, 0.5) is 0 Å². The molecule has 0 saturated heterocycles. The zero-order valence-electron chi connectivity index (χ0n) is 14.6. The predicted molar refractivity (Wildman–Crippen MR) is 95.4 cm³/mol. The number of aryl methyl sites for hydroxylation is 2. The van der Waals surface area contributed by atoms with E-state index in [9.17, 15) is 30.0 Å². The number of phenolic OH excluding ortho intramolecular Hbond substituents is 4. The lowest BCUT2D eigenvalue weighted by Gasteiger charge is -2.08. The SMILES string of the molecule is Cc1c(O)c(O)cc2c3c(oc12)C(=O)c1c(oc2c(C)c(O)c(O)cc12)C3=O. The minimum Gasteiger partial charge on any atom is -0.504 e. The number of rotatable bonds is 0. The van der Waals surface area contributed by atoms with Gasteiger partial charge in [0.25, 0.3) is 0 Å². The number of benzene rings is 2. The predicted octanol–water partition coefficient (Wildman–Crippen LogP) is 3.39. The van der Waals surface area contributed by atoms with E-state index < -0.39 is 34.6 Å². The molecule has 4 N–H and O–H groups in total. The van der Waals surface area contributed by atoms with Gasteiger partial charge in [-0.1, -0.05) is 0 Å². The van der Waals surface area contributed by atoms with E-state index in [1.54, 1.807) is 0 Å². The topological polar surface area (TPSA) is 141 Å². The summed E-state index contributed by atoms with van der Waals surface area (Å²) in [5, 5.41) is 40.0. The van der Waals surface area contributed by atoms with E-state index in [-0.39, 0.29) is 55.7 Å². The maximum Gasteiger partial charge on any atom is 0.233 e. The van der Waals surface area contributed by atoms with Crippen LogP contribution in [0.15, 0.2) is 21.0 Å². The first-order valence-corrected chi connectivity index (χ1v) is 8.27. The molecule has 2 aromatic carbocycles. The summed E-state index contributed by atoms with van der Waals surface area (Å²) < 4.78 is 11.2. The third-order valence-corrected chi connectivity index (χ3v) is 5.20. The van der Waals surface area contributed by atoms with Crippen molar-refractivity contribution in [3.63, 3.8) is 0 Å². The van der Waals surface area contributed by atoms with Crippen LogP contribution in [-0.2, 0) is 0 Å². The lowest BCUT2D eigenvalue weighted by Crippen LogP contribution is -2.17. The Hall–Kier alpha value is -3.94. The van der Waals surface area contributed by atoms with Crippen LogP contribution in [0.1, 0.15) is 43.4 Å². The van der Waals surface area contributed by atoms with Gasteiger partial charge in [-0.25, -0.2) is 0 Å². The summed E-state index contributed by atoms with van der Waals surface area (Å²) in [5.74, 6) is -3.47. The van der Waals surface area contributed by atoms with E-state index in [4.69, 9.17) is 8.83 Å². The number of furan rings is 2. The summed E-state index contributed by atoms with van der Waals surface area (Å²) in [6.45, 7) is 2.97. The summed E-state index contributed by atoms with van der Waals surface area (Å²) in [7, 11) is 0. The smallest absolute Gasteiger partial charge is 0.233 e. The van der Waals surface area contributed by atoms with E-state index in [2.05, 4.69) is 0 Å². The molecule has 1 aliphatic rings. The van der Waals surface area contributed by atoms with Crippen LogP contribution in [0.2, 0.25) is 0 Å². The van der Waals surface area contributed by atoms with E-state index in [0.717, 1.165) is 12.1 Å². The van der Waals surface area contributed by atoms with Crippen LogP contribution >= 0.6 is 0 Å². The quantitative estimate of drug-likeness (QED) is 0.300. The first-order valence-electron chi connectivity index (χ1n) is 8.27. The molecule has 1 aliphatic carbocycles. The molecular formula is C20H12O8. The molecule has 0 fully saturated rings. The van der Waals surface area contributed by atoms with E-state index >= 15 is 0 Å². The fourth-order valence-corrected chi connectivity index (χ4v) is 3.73. The lowest BCUT2D eigenvalue weighted by molar-refractivity contribution is 0.0947. The minimum atomic E-state index is -0.637. The molecule has 8 heteroatoms. The standard InChI is InChI=1S/C20H12O8/c1-5-13(23)9(21)3-7-11-15(25)20-12(16(26)19(11)27-17(5)7)8-4-10(22)14(24)6(2)18(8)28-20/h3-4,21-24H,1-2H3. The van der Waals surface area contributed by atoms with Gasteiger partial charge in [-0.05, 0) is 26.0 Å². The van der Waals surface area contributed by atoms with Crippen molar-refractivity contribution in [2.24, 2.45) is 0 Å². The summed E-state index contributed by atoms with van der Waals surface area (Å²) in [5.41, 5.74) is 0.433. The monoisotopic (exact) mass is 380 g/mol. The van der Waals surface area contributed by atoms with Crippen molar-refractivity contribution in [1.29, 1.82) is 0 Å². The van der Waals surface area contributed by atoms with Crippen molar-refractivity contribution in [3.8, 4) is 23.0 Å². The second-order valence-corrected chi connectivity index (χ2v) is 6.76. The number of ketones is 2. The summed E-state index contributed by atoms with van der Waals surface area (Å²) in [6.07, 6.45) is 0. The van der Waals surface area contributed by atoms with Gasteiger partial charge in [0.1, 0.15) is 11.2 Å². The summed E-state index contributed by atoms with van der Waals surface area (Å²) in [6, 6.07) is 2.31. The Balaban J connectivity index is 1.90. The Morgan fingerprint density at radius 1 is 0.679 bits per heavy atom. The highest BCUT2D eigenvalue weighted by Gasteiger charge is 2.41. The number of hydrogen-bond acceptors (Lipinski definition) is 8. The van der Waals surface area contributed by atoms with Gasteiger partial charge in [0.05, 0.1) is 11.1 Å². The Morgan fingerprint density at radius 3 is 1.39 bits per heavy atom. The molecule has 0 saturated carbocycles. The van der Waals surface area contributed by atoms with Crippen LogP contribution in [0.3, 0.4) is 0 Å². The van der Waals surface area contributed by atoms with Crippen molar-refractivity contribution in [2.75, 3.05) is 0 Å². The van der Waals surface area contributed by atoms with Gasteiger partial charge in [0.2, 0.25) is 11.6 Å². The molecule has 0 bridgehead atoms. The maximum absolute atomic E-state index is 13.1. The van der Waals surface area contributed by atoms with E-state index in [1.807, 2.05) is 0 Å². The molecule has 0 amide bonds. The first-order chi connectivity index (χ1) is 13.2. The van der Waals surface area contributed by atoms with Gasteiger partial charge in [-0.15, -0.1) is 0 Å². The lowest BCUT2D eigenvalue weighted by atomic mass is 9.90. The number of carbonyl (C=O) groups is 2. The molecule has 0 radical (unpaired) electrons. The maximum atomic E-state index is 13.1. The zero-order chi connectivity index (χ0) is 20.1. The van der Waals surface area contributed by atoms with Crippen LogP contribution < -0.4 is 0 Å². The molecule has 140 valence electrons. The molecule has 4 aromatic rings. The van der Waals surface area contributed by atoms with Crippen LogP contribution in [0.25, 0.3) is 21.9 Å². The van der Waals surface area contributed by atoms with Gasteiger partial charge in [0.15, 0.2) is 34.5 Å². The van der Waals surface area contributed by atoms with Crippen molar-refractivity contribution < 1.29 is 38.8 Å². The molecule has 8 nitrogen and oxygen atoms in total. The average Bonchev–Trinajstić information content (AvgIpc) is 3.22. The van der Waals surface area contributed by atoms with Crippen LogP contribution in [0, 0.1) is 13.8 Å². The molecule has 0 unspecified atom stereocenters. The third kappa shape index (κ3) is 1.69. The third-order valence-electron chi connectivity index (χ3n) is 5.20. The summed E-state index contributed by atoms with van der Waals surface area (Å²) >= 11 is 0. The van der Waals surface area contributed by atoms with Gasteiger partial charge < -0.3 is 29.3 Å². The van der Waals surface area contributed by atoms with Gasteiger partial charge in [-0.2, -0.15) is 0 Å². The Morgan fingerprint density at radius 2 is 1.04 bits per heavy atom. The second-order valence-electron chi connectivity index (χ2n) is 6.76. The number of fused-ring (bicyclic) bond motifs is 6. The highest BCUT2D eigenvalue weighted by Crippen LogP contribution is 2.46. The summed E-state index contributed by atoms with van der Waals surface area (Å²) in [4.78, 5) is 26.2. The second kappa shape index (κ2) is 4.86. The first kappa shape index (κ1) is 16.2. The van der Waals surface area contributed by atoms with Gasteiger partial charge in [0, 0.05) is 21.9 Å². The molecule has 5 rings (SSSR count). The molecular weight excluding hydrogens is 368 g/mol. The zero-order valence-corrected chi connectivity index (χ0v) is 14.6. The normalized spacial score (nSPS) is 13.4.